The third-order valence-corrected chi connectivity index (χ3v) is 4.06. The minimum absolute atomic E-state index is 0.0902. The van der Waals surface area contributed by atoms with Crippen molar-refractivity contribution in [2.24, 2.45) is 5.92 Å². The highest BCUT2D eigenvalue weighted by Crippen LogP contribution is 2.33. The maximum Gasteiger partial charge on any atom is 0.416 e. The van der Waals surface area contributed by atoms with Crippen LogP contribution >= 0.6 is 0 Å². The number of hydrogen-bond acceptors (Lipinski definition) is 4. The number of carbonyl (C=O) groups excluding carboxylic acids is 1. The van der Waals surface area contributed by atoms with Crippen molar-refractivity contribution < 1.29 is 27.6 Å². The summed E-state index contributed by atoms with van der Waals surface area (Å²) in [5, 5.41) is 13.7. The SMILES string of the molecule is CC[C@H](NC(=O)c1ccc(C(F)(F)F)cc1[N+](=O)[O-])[C@H]1CCOC1. The maximum atomic E-state index is 12.7. The van der Waals surface area contributed by atoms with E-state index in [1.165, 1.54) is 0 Å². The summed E-state index contributed by atoms with van der Waals surface area (Å²) in [6.07, 6.45) is -3.37. The molecule has 1 amide bonds. The molecule has 0 radical (unpaired) electrons. The summed E-state index contributed by atoms with van der Waals surface area (Å²) in [6.45, 7) is 2.91. The van der Waals surface area contributed by atoms with Gasteiger partial charge < -0.3 is 10.1 Å². The predicted octanol–water partition coefficient (Wildman–Crippen LogP) is 3.16. The zero-order chi connectivity index (χ0) is 17.9. The molecule has 24 heavy (non-hydrogen) atoms. The first-order valence-corrected chi connectivity index (χ1v) is 7.48. The molecule has 6 nitrogen and oxygen atoms in total. The number of carbonyl (C=O) groups is 1. The normalized spacial score (nSPS) is 19.1. The first-order chi connectivity index (χ1) is 11.2. The Balaban J connectivity index is 2.26. The average molecular weight is 346 g/mol. The van der Waals surface area contributed by atoms with Crippen LogP contribution in [0, 0.1) is 16.0 Å². The monoisotopic (exact) mass is 346 g/mol. The van der Waals surface area contributed by atoms with Crippen LogP contribution in [0.1, 0.15) is 35.7 Å². The molecule has 0 aromatic heterocycles. The van der Waals surface area contributed by atoms with Gasteiger partial charge in [-0.3, -0.25) is 14.9 Å². The third kappa shape index (κ3) is 4.02. The van der Waals surface area contributed by atoms with Gasteiger partial charge in [0.15, 0.2) is 0 Å². The Morgan fingerprint density at radius 1 is 1.50 bits per heavy atom. The number of ether oxygens (including phenoxy) is 1. The average Bonchev–Trinajstić information content (AvgIpc) is 3.05. The van der Waals surface area contributed by atoms with Gasteiger partial charge in [-0.25, -0.2) is 0 Å². The molecule has 0 unspecified atom stereocenters. The molecule has 1 aliphatic heterocycles. The standard InChI is InChI=1S/C15H17F3N2O4/c1-2-12(9-5-6-24-8-9)19-14(21)11-4-3-10(15(16,17)18)7-13(11)20(22)23/h3-4,7,9,12H,2,5-6,8H2,1H3,(H,19,21)/t9-,12-/m0/s1. The lowest BCUT2D eigenvalue weighted by molar-refractivity contribution is -0.385. The van der Waals surface area contributed by atoms with Crippen LogP contribution in [0.2, 0.25) is 0 Å². The Bertz CT molecular complexity index is 628. The lowest BCUT2D eigenvalue weighted by Crippen LogP contribution is -2.40. The molecule has 2 atom stereocenters. The highest BCUT2D eigenvalue weighted by molar-refractivity contribution is 5.98. The molecule has 1 aliphatic rings. The van der Waals surface area contributed by atoms with Gasteiger partial charge >= 0.3 is 6.18 Å². The van der Waals surface area contributed by atoms with Crippen molar-refractivity contribution in [2.45, 2.75) is 32.0 Å². The zero-order valence-electron chi connectivity index (χ0n) is 12.9. The van der Waals surface area contributed by atoms with Crippen molar-refractivity contribution in [1.29, 1.82) is 0 Å². The second-order valence-corrected chi connectivity index (χ2v) is 5.60. The van der Waals surface area contributed by atoms with Crippen molar-refractivity contribution in [2.75, 3.05) is 13.2 Å². The van der Waals surface area contributed by atoms with Crippen molar-refractivity contribution in [3.8, 4) is 0 Å². The fraction of sp³-hybridized carbons (Fsp3) is 0.533. The molecule has 1 saturated heterocycles. The van der Waals surface area contributed by atoms with Gasteiger partial charge in [0.2, 0.25) is 0 Å². The molecule has 0 bridgehead atoms. The van der Waals surface area contributed by atoms with E-state index in [4.69, 9.17) is 4.74 Å². The van der Waals surface area contributed by atoms with E-state index >= 15 is 0 Å². The van der Waals surface area contributed by atoms with Crippen LogP contribution in [-0.2, 0) is 10.9 Å². The number of nitrogens with one attached hydrogen (secondary N) is 1. The van der Waals surface area contributed by atoms with Gasteiger partial charge in [-0.15, -0.1) is 0 Å². The van der Waals surface area contributed by atoms with E-state index in [1.807, 2.05) is 6.92 Å². The Morgan fingerprint density at radius 2 is 2.21 bits per heavy atom. The van der Waals surface area contributed by atoms with Crippen LogP contribution in [0.25, 0.3) is 0 Å². The minimum atomic E-state index is -4.72. The first-order valence-electron chi connectivity index (χ1n) is 7.48. The molecule has 9 heteroatoms. The molecule has 132 valence electrons. The topological polar surface area (TPSA) is 81.5 Å². The van der Waals surface area contributed by atoms with E-state index in [0.29, 0.717) is 31.8 Å². The van der Waals surface area contributed by atoms with Crippen molar-refractivity contribution in [1.82, 2.24) is 5.32 Å². The molecule has 1 aromatic rings. The van der Waals surface area contributed by atoms with Gasteiger partial charge in [0.1, 0.15) is 5.56 Å². The van der Waals surface area contributed by atoms with Crippen LogP contribution in [-0.4, -0.2) is 30.1 Å². The van der Waals surface area contributed by atoms with Crippen molar-refractivity contribution >= 4 is 11.6 Å². The first kappa shape index (κ1) is 18.2. The summed E-state index contributed by atoms with van der Waals surface area (Å²) in [5.41, 5.74) is -2.41. The predicted molar refractivity (Wildman–Crippen MR) is 78.6 cm³/mol. The van der Waals surface area contributed by atoms with Crippen molar-refractivity contribution in [3.05, 3.63) is 39.4 Å². The van der Waals surface area contributed by atoms with E-state index in [-0.39, 0.29) is 17.5 Å². The molecule has 1 N–H and O–H groups in total. The zero-order valence-corrected chi connectivity index (χ0v) is 12.9. The van der Waals surface area contributed by atoms with Crippen LogP contribution < -0.4 is 5.32 Å². The number of benzene rings is 1. The van der Waals surface area contributed by atoms with Crippen LogP contribution in [0.4, 0.5) is 18.9 Å². The number of nitro groups is 1. The third-order valence-electron chi connectivity index (χ3n) is 4.06. The summed E-state index contributed by atoms with van der Waals surface area (Å²) >= 11 is 0. The second kappa shape index (κ2) is 7.16. The highest BCUT2D eigenvalue weighted by Gasteiger charge is 2.34. The van der Waals surface area contributed by atoms with E-state index in [1.54, 1.807) is 0 Å². The number of hydrogen-bond donors (Lipinski definition) is 1. The summed E-state index contributed by atoms with van der Waals surface area (Å²) in [6, 6.07) is 1.64. The summed E-state index contributed by atoms with van der Waals surface area (Å²) in [4.78, 5) is 22.4. The Morgan fingerprint density at radius 3 is 2.71 bits per heavy atom. The quantitative estimate of drug-likeness (QED) is 0.656. The molecular formula is C15H17F3N2O4. The largest absolute Gasteiger partial charge is 0.416 e. The number of halogens is 3. The molecule has 0 aliphatic carbocycles. The van der Waals surface area contributed by atoms with Gasteiger partial charge in [-0.2, -0.15) is 13.2 Å². The maximum absolute atomic E-state index is 12.7. The smallest absolute Gasteiger partial charge is 0.381 e. The fourth-order valence-electron chi connectivity index (χ4n) is 2.72. The fourth-order valence-corrected chi connectivity index (χ4v) is 2.72. The Hall–Kier alpha value is -2.16. The van der Waals surface area contributed by atoms with Crippen LogP contribution in [0.3, 0.4) is 0 Å². The number of amides is 1. The molecule has 1 aromatic carbocycles. The lowest BCUT2D eigenvalue weighted by Gasteiger charge is -2.22. The summed E-state index contributed by atoms with van der Waals surface area (Å²) in [7, 11) is 0. The van der Waals surface area contributed by atoms with Gasteiger partial charge in [-0.1, -0.05) is 6.92 Å². The Kier molecular flexibility index (Phi) is 5.43. The minimum Gasteiger partial charge on any atom is -0.381 e. The molecule has 1 heterocycles. The van der Waals surface area contributed by atoms with Gasteiger partial charge in [0, 0.05) is 24.6 Å². The number of nitrogens with zero attached hydrogens (tertiary/aromatic N) is 1. The number of alkyl halides is 3. The van der Waals surface area contributed by atoms with E-state index in [2.05, 4.69) is 5.32 Å². The van der Waals surface area contributed by atoms with E-state index in [0.717, 1.165) is 12.5 Å². The van der Waals surface area contributed by atoms with Crippen LogP contribution in [0.15, 0.2) is 18.2 Å². The van der Waals surface area contributed by atoms with E-state index in [9.17, 15) is 28.1 Å². The van der Waals surface area contributed by atoms with Gasteiger partial charge in [0.25, 0.3) is 11.6 Å². The highest BCUT2D eigenvalue weighted by atomic mass is 19.4. The van der Waals surface area contributed by atoms with E-state index < -0.39 is 28.3 Å². The van der Waals surface area contributed by atoms with Gasteiger partial charge in [-0.05, 0) is 25.0 Å². The summed E-state index contributed by atoms with van der Waals surface area (Å²) < 4.78 is 43.3. The van der Waals surface area contributed by atoms with Crippen LogP contribution in [0.5, 0.6) is 0 Å². The number of rotatable bonds is 5. The summed E-state index contributed by atoms with van der Waals surface area (Å²) in [5.74, 6) is -0.665. The Labute approximate surface area is 136 Å². The molecule has 0 saturated carbocycles. The van der Waals surface area contributed by atoms with Gasteiger partial charge in [0.05, 0.1) is 17.1 Å². The lowest BCUT2D eigenvalue weighted by atomic mass is 9.96. The molecule has 2 rings (SSSR count). The van der Waals surface area contributed by atoms with Crippen molar-refractivity contribution in [3.63, 3.8) is 0 Å². The molecule has 0 spiro atoms. The number of nitro benzene ring substituents is 1. The second-order valence-electron chi connectivity index (χ2n) is 5.60. The molecule has 1 fully saturated rings. The molecular weight excluding hydrogens is 329 g/mol.